The van der Waals surface area contributed by atoms with Crippen molar-refractivity contribution in [3.63, 3.8) is 0 Å². The smallest absolute Gasteiger partial charge is 0.286 e. The molecule has 10 nitrogen and oxygen atoms in total. The van der Waals surface area contributed by atoms with Crippen molar-refractivity contribution in [1.29, 1.82) is 0 Å². The zero-order valence-electron chi connectivity index (χ0n) is 24.4. The Morgan fingerprint density at radius 2 is 1.40 bits per heavy atom. The van der Waals surface area contributed by atoms with Crippen molar-refractivity contribution >= 4 is 69.4 Å². The summed E-state index contributed by atoms with van der Waals surface area (Å²) in [7, 11) is -8.06. The Morgan fingerprint density at radius 3 is 2.00 bits per heavy atom. The first-order valence-electron chi connectivity index (χ1n) is 13.7. The molecule has 0 fully saturated rings. The molecule has 4 heterocycles. The van der Waals surface area contributed by atoms with Gasteiger partial charge in [0.25, 0.3) is 26.1 Å². The fourth-order valence-corrected chi connectivity index (χ4v) is 7.22. The molecule has 0 saturated carbocycles. The Bertz CT molecular complexity index is 1780. The lowest BCUT2D eigenvalue weighted by atomic mass is 9.82. The molecule has 0 aromatic carbocycles. The van der Waals surface area contributed by atoms with Crippen molar-refractivity contribution in [2.24, 2.45) is 4.99 Å². The maximum absolute atomic E-state index is 11.2. The summed E-state index contributed by atoms with van der Waals surface area (Å²) >= 11 is 7.12. The molecule has 43 heavy (non-hydrogen) atoms. The topological polar surface area (TPSA) is 141 Å². The number of fused-ring (bicyclic) bond motifs is 2. The van der Waals surface area contributed by atoms with Crippen molar-refractivity contribution in [2.45, 2.75) is 64.5 Å². The van der Waals surface area contributed by atoms with Gasteiger partial charge < -0.3 is 0 Å². The quantitative estimate of drug-likeness (QED) is 0.165. The zero-order chi connectivity index (χ0) is 31.8. The lowest BCUT2D eigenvalue weighted by Gasteiger charge is -2.17. The summed E-state index contributed by atoms with van der Waals surface area (Å²) in [5.74, 6) is 1.03. The van der Waals surface area contributed by atoms with Crippen LogP contribution in [0.15, 0.2) is 74.5 Å². The Hall–Kier alpha value is -2.23. The number of allylic oxidation sites excluding steroid dienone is 6. The minimum absolute atomic E-state index is 0.265. The summed E-state index contributed by atoms with van der Waals surface area (Å²) in [6.45, 7) is 9.24. The molecule has 14 heteroatoms. The summed E-state index contributed by atoms with van der Waals surface area (Å²) in [6, 6.07) is 4.08. The SMILES string of the molecule is CC1(C)C(/C=C/C=C/C=C2/Nc3c(cc(Br)c[n+]3CCCS(=O)(=O)O)C2(C)C)=Nc2c1cc(Br)c[n+]2CCCS(=O)(=O)O. The largest absolute Gasteiger partial charge is 0.327 e. The Kier molecular flexibility index (Phi) is 9.89. The van der Waals surface area contributed by atoms with Gasteiger partial charge in [0.15, 0.2) is 5.71 Å². The summed E-state index contributed by atoms with van der Waals surface area (Å²) in [4.78, 5) is 4.88. The highest BCUT2D eigenvalue weighted by Crippen LogP contribution is 2.42. The van der Waals surface area contributed by atoms with Gasteiger partial charge in [-0.3, -0.25) is 9.11 Å². The van der Waals surface area contributed by atoms with Gasteiger partial charge in [-0.25, -0.2) is 14.5 Å². The average molecular weight is 761 g/mol. The van der Waals surface area contributed by atoms with Gasteiger partial charge in [-0.05, 0) is 88.8 Å². The molecule has 4 rings (SSSR count). The number of nitrogens with one attached hydrogen (secondary N) is 1. The van der Waals surface area contributed by atoms with Crippen LogP contribution in [0.4, 0.5) is 11.6 Å². The van der Waals surface area contributed by atoms with Crippen molar-refractivity contribution in [3.8, 4) is 0 Å². The minimum atomic E-state index is -4.03. The van der Waals surface area contributed by atoms with Crippen LogP contribution in [0.2, 0.25) is 0 Å². The maximum atomic E-state index is 11.2. The second-order valence-corrected chi connectivity index (χ2v) is 16.7. The van der Waals surface area contributed by atoms with Crippen LogP contribution in [0.5, 0.6) is 0 Å². The lowest BCUT2D eigenvalue weighted by Crippen LogP contribution is -2.37. The Labute approximate surface area is 270 Å². The third kappa shape index (κ3) is 8.08. The number of hydrogen-bond donors (Lipinski definition) is 3. The number of aliphatic imine (C=N–C) groups is 1. The van der Waals surface area contributed by atoms with Gasteiger partial charge in [0.2, 0.25) is 0 Å². The van der Waals surface area contributed by atoms with Crippen LogP contribution < -0.4 is 14.5 Å². The second kappa shape index (κ2) is 12.6. The first-order chi connectivity index (χ1) is 19.9. The number of aromatic nitrogens is 2. The van der Waals surface area contributed by atoms with Crippen LogP contribution in [-0.4, -0.2) is 43.2 Å². The summed E-state index contributed by atoms with van der Waals surface area (Å²) in [5.41, 5.74) is 3.23. The van der Waals surface area contributed by atoms with Gasteiger partial charge in [0.05, 0.1) is 55.5 Å². The van der Waals surface area contributed by atoms with Gasteiger partial charge >= 0.3 is 5.82 Å². The summed E-state index contributed by atoms with van der Waals surface area (Å²) in [5, 5.41) is 3.49. The number of nitrogens with zero attached hydrogens (tertiary/aromatic N) is 3. The van der Waals surface area contributed by atoms with Crippen molar-refractivity contribution in [1.82, 2.24) is 0 Å². The van der Waals surface area contributed by atoms with Crippen LogP contribution in [0.25, 0.3) is 0 Å². The molecule has 0 saturated heterocycles. The van der Waals surface area contributed by atoms with Gasteiger partial charge in [-0.2, -0.15) is 16.8 Å². The van der Waals surface area contributed by atoms with Crippen molar-refractivity contribution in [3.05, 3.63) is 80.7 Å². The molecule has 0 spiro atoms. The zero-order valence-corrected chi connectivity index (χ0v) is 29.2. The molecule has 2 aliphatic rings. The van der Waals surface area contributed by atoms with Gasteiger partial charge in [-0.1, -0.05) is 18.2 Å². The predicted octanol–water partition coefficient (Wildman–Crippen LogP) is 5.11. The van der Waals surface area contributed by atoms with E-state index < -0.39 is 20.2 Å². The standard InChI is InChI=1S/C29H34Br2N4O6S2/c1-28(2)22-16-20(30)18-34(12-8-14-42(36,37)38)26(22)32-24(28)10-6-5-7-11-25-29(3,4)23-17-21(31)19-35(27(23)33-25)13-9-15-43(39,40)41/h5-7,10-11,16-19H,8-9,12-15H2,1-4H3,(H-,36,37,38,39,40,41)/p+2. The van der Waals surface area contributed by atoms with E-state index in [1.54, 1.807) is 0 Å². The van der Waals surface area contributed by atoms with E-state index in [0.29, 0.717) is 13.1 Å². The molecule has 0 aliphatic carbocycles. The van der Waals surface area contributed by atoms with E-state index in [4.69, 9.17) is 14.1 Å². The monoisotopic (exact) mass is 758 g/mol. The minimum Gasteiger partial charge on any atom is -0.286 e. The average Bonchev–Trinajstić information content (AvgIpc) is 3.26. The lowest BCUT2D eigenvalue weighted by molar-refractivity contribution is -0.684. The highest BCUT2D eigenvalue weighted by Gasteiger charge is 2.43. The molecule has 232 valence electrons. The molecule has 3 N–H and O–H groups in total. The van der Waals surface area contributed by atoms with Gasteiger partial charge in [0, 0.05) is 12.8 Å². The summed E-state index contributed by atoms with van der Waals surface area (Å²) < 4.78 is 68.5. The highest BCUT2D eigenvalue weighted by atomic mass is 79.9. The van der Waals surface area contributed by atoms with Crippen LogP contribution >= 0.6 is 31.9 Å². The second-order valence-electron chi connectivity index (χ2n) is 11.7. The Morgan fingerprint density at radius 1 is 0.837 bits per heavy atom. The van der Waals surface area contributed by atoms with Crippen LogP contribution in [0, 0.1) is 0 Å². The van der Waals surface area contributed by atoms with Crippen molar-refractivity contribution in [2.75, 3.05) is 16.8 Å². The van der Waals surface area contributed by atoms with Crippen LogP contribution in [0.3, 0.4) is 0 Å². The molecule has 0 unspecified atom stereocenters. The molecule has 0 bridgehead atoms. The van der Waals surface area contributed by atoms with Crippen LogP contribution in [-0.2, 0) is 44.2 Å². The van der Waals surface area contributed by atoms with E-state index in [2.05, 4.69) is 70.9 Å². The maximum Gasteiger partial charge on any atom is 0.327 e. The van der Waals surface area contributed by atoms with E-state index in [1.165, 1.54) is 0 Å². The molecule has 0 atom stereocenters. The third-order valence-corrected chi connectivity index (χ3v) is 10.1. The van der Waals surface area contributed by atoms with Crippen molar-refractivity contribution < 1.29 is 35.1 Å². The summed E-state index contributed by atoms with van der Waals surface area (Å²) in [6.07, 6.45) is 14.1. The predicted molar refractivity (Wildman–Crippen MR) is 174 cm³/mol. The van der Waals surface area contributed by atoms with E-state index in [-0.39, 0.29) is 35.2 Å². The number of pyridine rings is 2. The van der Waals surface area contributed by atoms with Gasteiger partial charge in [0.1, 0.15) is 18.1 Å². The van der Waals surface area contributed by atoms with Gasteiger partial charge in [-0.15, -0.1) is 0 Å². The van der Waals surface area contributed by atoms with E-state index >= 15 is 0 Å². The first kappa shape index (κ1) is 33.7. The normalized spacial score (nSPS) is 18.3. The first-order valence-corrected chi connectivity index (χ1v) is 18.5. The molecule has 2 aliphatic heterocycles. The third-order valence-electron chi connectivity index (χ3n) is 7.66. The number of halogens is 2. The molecule has 0 amide bonds. The molecular weight excluding hydrogens is 724 g/mol. The highest BCUT2D eigenvalue weighted by molar-refractivity contribution is 9.10. The Balaban J connectivity index is 1.51. The van der Waals surface area contributed by atoms with E-state index in [1.807, 2.05) is 58.0 Å². The molecule has 2 aromatic rings. The van der Waals surface area contributed by atoms with Crippen LogP contribution in [0.1, 0.15) is 51.7 Å². The number of rotatable bonds is 11. The van der Waals surface area contributed by atoms with E-state index in [0.717, 1.165) is 43.1 Å². The fourth-order valence-electron chi connectivity index (χ4n) is 5.28. The van der Waals surface area contributed by atoms with E-state index in [9.17, 15) is 16.8 Å². The number of hydrogen-bond acceptors (Lipinski definition) is 6. The molecule has 2 aromatic heterocycles. The fraction of sp³-hybridized carbons (Fsp3) is 0.414. The number of anilines is 1. The molecule has 0 radical (unpaired) electrons. The number of aryl methyl sites for hydroxylation is 2. The molecular formula is C29H36Br2N4O6S2+2.